The number of furan rings is 1. The minimum Gasteiger partial charge on any atom is -0.463 e. The molecular weight excluding hydrogens is 250 g/mol. The van der Waals surface area contributed by atoms with E-state index in [4.69, 9.17) is 4.42 Å². The van der Waals surface area contributed by atoms with Crippen molar-refractivity contribution in [2.75, 3.05) is 32.7 Å². The van der Waals surface area contributed by atoms with E-state index in [1.807, 2.05) is 0 Å². The summed E-state index contributed by atoms with van der Waals surface area (Å²) in [6, 6.07) is 2.84. The molecule has 1 aliphatic heterocycles. The Kier molecular flexibility index (Phi) is 5.64. The molecule has 0 bridgehead atoms. The molecule has 1 unspecified atom stereocenters. The van der Waals surface area contributed by atoms with Crippen LogP contribution in [0.15, 0.2) is 10.5 Å². The van der Waals surface area contributed by atoms with Crippen LogP contribution in [0.3, 0.4) is 0 Å². The van der Waals surface area contributed by atoms with Crippen LogP contribution in [0.4, 0.5) is 0 Å². The Morgan fingerprint density at radius 1 is 1.35 bits per heavy atom. The Bertz CT molecular complexity index is 416. The number of hydrogen-bond donors (Lipinski definition) is 1. The van der Waals surface area contributed by atoms with Gasteiger partial charge in [0.05, 0.1) is 13.1 Å². The summed E-state index contributed by atoms with van der Waals surface area (Å²) in [4.78, 5) is 5.05. The first-order valence-corrected chi connectivity index (χ1v) is 7.89. The lowest BCUT2D eigenvalue weighted by Gasteiger charge is -2.38. The number of nitrogens with one attached hydrogen (secondary N) is 1. The van der Waals surface area contributed by atoms with Crippen LogP contribution in [-0.2, 0) is 13.1 Å². The largest absolute Gasteiger partial charge is 0.463 e. The zero-order valence-electron chi connectivity index (χ0n) is 13.4. The first kappa shape index (κ1) is 15.5. The first-order valence-electron chi connectivity index (χ1n) is 7.89. The topological polar surface area (TPSA) is 31.7 Å². The molecule has 1 aromatic rings. The van der Waals surface area contributed by atoms with E-state index >= 15 is 0 Å². The van der Waals surface area contributed by atoms with Gasteiger partial charge in [-0.25, -0.2) is 0 Å². The average Bonchev–Trinajstić information content (AvgIpc) is 2.76. The summed E-state index contributed by atoms with van der Waals surface area (Å²) in [5, 5.41) is 3.33. The summed E-state index contributed by atoms with van der Waals surface area (Å²) in [6.45, 7) is 16.2. The molecule has 0 saturated carbocycles. The molecule has 2 heterocycles. The Hall–Kier alpha value is -0.840. The van der Waals surface area contributed by atoms with E-state index in [1.165, 1.54) is 12.1 Å². The van der Waals surface area contributed by atoms with Crippen LogP contribution in [0.2, 0.25) is 0 Å². The van der Waals surface area contributed by atoms with E-state index in [-0.39, 0.29) is 0 Å². The second-order valence-electron chi connectivity index (χ2n) is 5.81. The lowest BCUT2D eigenvalue weighted by Crippen LogP contribution is -2.51. The van der Waals surface area contributed by atoms with Gasteiger partial charge in [0, 0.05) is 25.7 Å². The Morgan fingerprint density at radius 2 is 2.15 bits per heavy atom. The van der Waals surface area contributed by atoms with Gasteiger partial charge < -0.3 is 9.73 Å². The van der Waals surface area contributed by atoms with Crippen molar-refractivity contribution in [1.29, 1.82) is 0 Å². The zero-order valence-corrected chi connectivity index (χ0v) is 13.4. The third-order valence-electron chi connectivity index (χ3n) is 4.24. The van der Waals surface area contributed by atoms with Crippen molar-refractivity contribution in [2.45, 2.75) is 46.8 Å². The summed E-state index contributed by atoms with van der Waals surface area (Å²) < 4.78 is 5.99. The predicted octanol–water partition coefficient (Wildman–Crippen LogP) is 2.22. The minimum atomic E-state index is 0.644. The standard InChI is InChI=1S/C16H29N3O/c1-5-17-10-16-13(3)9-15(20-16)12-18-7-8-19(6-2)14(4)11-18/h9,14,17H,5-8,10-12H2,1-4H3. The molecule has 1 saturated heterocycles. The Morgan fingerprint density at radius 3 is 2.80 bits per heavy atom. The van der Waals surface area contributed by atoms with E-state index in [9.17, 15) is 0 Å². The van der Waals surface area contributed by atoms with Crippen molar-refractivity contribution in [2.24, 2.45) is 0 Å². The minimum absolute atomic E-state index is 0.644. The van der Waals surface area contributed by atoms with Crippen LogP contribution in [0.5, 0.6) is 0 Å². The Labute approximate surface area is 123 Å². The fourth-order valence-corrected chi connectivity index (χ4v) is 2.99. The average molecular weight is 279 g/mol. The van der Waals surface area contributed by atoms with Gasteiger partial charge in [0.25, 0.3) is 0 Å². The summed E-state index contributed by atoms with van der Waals surface area (Å²) in [5.41, 5.74) is 1.26. The first-order chi connectivity index (χ1) is 9.63. The lowest BCUT2D eigenvalue weighted by atomic mass is 10.2. The van der Waals surface area contributed by atoms with Gasteiger partial charge in [0.15, 0.2) is 0 Å². The van der Waals surface area contributed by atoms with E-state index in [0.717, 1.165) is 50.8 Å². The van der Waals surface area contributed by atoms with E-state index in [0.29, 0.717) is 6.04 Å². The van der Waals surface area contributed by atoms with Crippen molar-refractivity contribution in [3.8, 4) is 0 Å². The highest BCUT2D eigenvalue weighted by Crippen LogP contribution is 2.18. The molecule has 0 aromatic carbocycles. The summed E-state index contributed by atoms with van der Waals surface area (Å²) in [6.07, 6.45) is 0. The van der Waals surface area contributed by atoms with Gasteiger partial charge >= 0.3 is 0 Å². The molecule has 1 aromatic heterocycles. The number of hydrogen-bond acceptors (Lipinski definition) is 4. The van der Waals surface area contributed by atoms with Gasteiger partial charge in [-0.15, -0.1) is 0 Å². The molecule has 1 N–H and O–H groups in total. The van der Waals surface area contributed by atoms with Gasteiger partial charge in [-0.3, -0.25) is 9.80 Å². The van der Waals surface area contributed by atoms with Crippen LogP contribution < -0.4 is 5.32 Å². The van der Waals surface area contributed by atoms with Crippen molar-refractivity contribution in [3.63, 3.8) is 0 Å². The van der Waals surface area contributed by atoms with Crippen LogP contribution in [0.1, 0.15) is 37.9 Å². The van der Waals surface area contributed by atoms with E-state index in [2.05, 4.69) is 48.9 Å². The van der Waals surface area contributed by atoms with Crippen molar-refractivity contribution >= 4 is 0 Å². The normalized spacial score (nSPS) is 21.5. The molecule has 20 heavy (non-hydrogen) atoms. The maximum atomic E-state index is 5.99. The molecule has 2 rings (SSSR count). The highest BCUT2D eigenvalue weighted by atomic mass is 16.3. The monoisotopic (exact) mass is 279 g/mol. The number of piperazine rings is 1. The zero-order chi connectivity index (χ0) is 14.5. The summed E-state index contributed by atoms with van der Waals surface area (Å²) in [7, 11) is 0. The molecule has 1 fully saturated rings. The van der Waals surface area contributed by atoms with Crippen molar-refractivity contribution in [1.82, 2.24) is 15.1 Å². The predicted molar refractivity (Wildman–Crippen MR) is 82.8 cm³/mol. The third kappa shape index (κ3) is 3.84. The molecule has 4 nitrogen and oxygen atoms in total. The van der Waals surface area contributed by atoms with Gasteiger partial charge in [-0.2, -0.15) is 0 Å². The molecule has 0 amide bonds. The second kappa shape index (κ2) is 7.25. The third-order valence-corrected chi connectivity index (χ3v) is 4.24. The molecule has 114 valence electrons. The fourth-order valence-electron chi connectivity index (χ4n) is 2.99. The molecule has 1 atom stereocenters. The van der Waals surface area contributed by atoms with Crippen molar-refractivity contribution in [3.05, 3.63) is 23.2 Å². The molecular formula is C16H29N3O. The van der Waals surface area contributed by atoms with E-state index in [1.54, 1.807) is 0 Å². The quantitative estimate of drug-likeness (QED) is 0.865. The van der Waals surface area contributed by atoms with E-state index < -0.39 is 0 Å². The van der Waals surface area contributed by atoms with Crippen LogP contribution in [0.25, 0.3) is 0 Å². The lowest BCUT2D eigenvalue weighted by molar-refractivity contribution is 0.0787. The number of aryl methyl sites for hydroxylation is 1. The van der Waals surface area contributed by atoms with Gasteiger partial charge in [-0.1, -0.05) is 13.8 Å². The van der Waals surface area contributed by atoms with Gasteiger partial charge in [-0.05, 0) is 38.6 Å². The number of nitrogens with zero attached hydrogens (tertiary/aromatic N) is 2. The van der Waals surface area contributed by atoms with Crippen molar-refractivity contribution < 1.29 is 4.42 Å². The molecule has 0 radical (unpaired) electrons. The SMILES string of the molecule is CCNCc1oc(CN2CCN(CC)C(C)C2)cc1C. The fraction of sp³-hybridized carbons (Fsp3) is 0.750. The number of likely N-dealkylation sites (N-methyl/N-ethyl adjacent to an activating group) is 1. The molecule has 0 aliphatic carbocycles. The smallest absolute Gasteiger partial charge is 0.120 e. The van der Waals surface area contributed by atoms with Gasteiger partial charge in [0.1, 0.15) is 11.5 Å². The highest BCUT2D eigenvalue weighted by Gasteiger charge is 2.23. The van der Waals surface area contributed by atoms with Crippen LogP contribution >= 0.6 is 0 Å². The molecule has 1 aliphatic rings. The maximum absolute atomic E-state index is 5.99. The highest BCUT2D eigenvalue weighted by molar-refractivity contribution is 5.20. The van der Waals surface area contributed by atoms with Crippen LogP contribution in [-0.4, -0.2) is 48.6 Å². The summed E-state index contributed by atoms with van der Waals surface area (Å²) in [5.74, 6) is 2.19. The second-order valence-corrected chi connectivity index (χ2v) is 5.81. The molecule has 4 heteroatoms. The van der Waals surface area contributed by atoms with Gasteiger partial charge in [0.2, 0.25) is 0 Å². The van der Waals surface area contributed by atoms with Crippen LogP contribution in [0, 0.1) is 6.92 Å². The molecule has 0 spiro atoms. The Balaban J connectivity index is 1.90. The maximum Gasteiger partial charge on any atom is 0.120 e. The summed E-state index contributed by atoms with van der Waals surface area (Å²) >= 11 is 0. The number of rotatable bonds is 6.